The molecule has 0 bridgehead atoms. The molecule has 0 spiro atoms. The van der Waals surface area contributed by atoms with E-state index >= 15 is 0 Å². The lowest BCUT2D eigenvalue weighted by atomic mass is 9.92. The van der Waals surface area contributed by atoms with E-state index in [0.29, 0.717) is 6.42 Å². The zero-order valence-corrected chi connectivity index (χ0v) is 9.87. The van der Waals surface area contributed by atoms with E-state index in [4.69, 9.17) is 10.2 Å². The van der Waals surface area contributed by atoms with Crippen molar-refractivity contribution < 1.29 is 15.0 Å². The molecule has 0 aromatic carbocycles. The molecule has 0 radical (unpaired) electrons. The summed E-state index contributed by atoms with van der Waals surface area (Å²) < 4.78 is 0. The molecular weight excluding hydrogens is 194 g/mol. The normalized spacial score (nSPS) is 14.9. The molecule has 1 amide bonds. The van der Waals surface area contributed by atoms with Crippen molar-refractivity contribution in [3.63, 3.8) is 0 Å². The van der Waals surface area contributed by atoms with Crippen molar-refractivity contribution in [1.29, 1.82) is 0 Å². The topological polar surface area (TPSA) is 69.6 Å². The van der Waals surface area contributed by atoms with Gasteiger partial charge >= 0.3 is 6.09 Å². The van der Waals surface area contributed by atoms with Crippen LogP contribution in [0.3, 0.4) is 0 Å². The summed E-state index contributed by atoms with van der Waals surface area (Å²) in [4.78, 5) is 10.4. The van der Waals surface area contributed by atoms with Crippen molar-refractivity contribution in [3.05, 3.63) is 11.6 Å². The van der Waals surface area contributed by atoms with Crippen molar-refractivity contribution >= 4 is 6.09 Å². The molecule has 0 aliphatic rings. The van der Waals surface area contributed by atoms with Gasteiger partial charge in [0.05, 0.1) is 12.6 Å². The Morgan fingerprint density at radius 2 is 2.00 bits per heavy atom. The molecule has 0 aliphatic carbocycles. The second-order valence-electron chi connectivity index (χ2n) is 4.89. The number of hydrogen-bond acceptors (Lipinski definition) is 2. The molecule has 0 fully saturated rings. The van der Waals surface area contributed by atoms with Crippen LogP contribution in [0.5, 0.6) is 0 Å². The minimum Gasteiger partial charge on any atom is -0.465 e. The lowest BCUT2D eigenvalue weighted by molar-refractivity contribution is 0.177. The van der Waals surface area contributed by atoms with Crippen LogP contribution in [0, 0.1) is 5.41 Å². The largest absolute Gasteiger partial charge is 0.465 e. The standard InChI is InChI=1S/C11H21NO3/c1-8(6-11(2,3)4)5-9(7-13)12-10(14)15/h6,9,12-13H,5,7H2,1-4H3,(H,14,15). The van der Waals surface area contributed by atoms with E-state index in [-0.39, 0.29) is 12.0 Å². The van der Waals surface area contributed by atoms with Crippen molar-refractivity contribution in [2.24, 2.45) is 5.41 Å². The van der Waals surface area contributed by atoms with Crippen molar-refractivity contribution in [2.45, 2.75) is 40.2 Å². The summed E-state index contributed by atoms with van der Waals surface area (Å²) in [5.74, 6) is 0. The van der Waals surface area contributed by atoms with Gasteiger partial charge in [-0.15, -0.1) is 0 Å². The molecule has 88 valence electrons. The highest BCUT2D eigenvalue weighted by Crippen LogP contribution is 2.19. The van der Waals surface area contributed by atoms with Crippen LogP contribution in [-0.2, 0) is 0 Å². The van der Waals surface area contributed by atoms with E-state index < -0.39 is 12.1 Å². The van der Waals surface area contributed by atoms with Gasteiger partial charge in [-0.3, -0.25) is 0 Å². The van der Waals surface area contributed by atoms with E-state index in [1.807, 2.05) is 6.92 Å². The second kappa shape index (κ2) is 5.75. The van der Waals surface area contributed by atoms with Crippen LogP contribution >= 0.6 is 0 Å². The van der Waals surface area contributed by atoms with Gasteiger partial charge in [0.15, 0.2) is 0 Å². The first-order valence-electron chi connectivity index (χ1n) is 5.03. The number of aliphatic hydroxyl groups excluding tert-OH is 1. The molecule has 1 atom stereocenters. The number of nitrogens with one attached hydrogen (secondary N) is 1. The maximum Gasteiger partial charge on any atom is 0.404 e. The average Bonchev–Trinajstić information content (AvgIpc) is 1.98. The Hall–Kier alpha value is -1.03. The van der Waals surface area contributed by atoms with Crippen molar-refractivity contribution in [1.82, 2.24) is 5.32 Å². The Morgan fingerprint density at radius 1 is 1.47 bits per heavy atom. The lowest BCUT2D eigenvalue weighted by Gasteiger charge is -2.18. The third-order valence-corrected chi connectivity index (χ3v) is 1.80. The first-order valence-corrected chi connectivity index (χ1v) is 5.03. The Labute approximate surface area is 91.0 Å². The van der Waals surface area contributed by atoms with E-state index in [0.717, 1.165) is 5.57 Å². The Morgan fingerprint density at radius 3 is 2.33 bits per heavy atom. The first kappa shape index (κ1) is 14.0. The monoisotopic (exact) mass is 215 g/mol. The van der Waals surface area contributed by atoms with E-state index in [2.05, 4.69) is 32.2 Å². The first-order chi connectivity index (χ1) is 6.74. The number of rotatable bonds is 4. The molecule has 1 unspecified atom stereocenters. The van der Waals surface area contributed by atoms with Gasteiger partial charge in [-0.05, 0) is 18.8 Å². The van der Waals surface area contributed by atoms with Crippen LogP contribution in [0.25, 0.3) is 0 Å². The number of amides is 1. The molecule has 0 saturated carbocycles. The summed E-state index contributed by atoms with van der Waals surface area (Å²) in [7, 11) is 0. The number of aliphatic hydroxyl groups is 1. The maximum atomic E-state index is 10.4. The predicted molar refractivity (Wildman–Crippen MR) is 59.9 cm³/mol. The smallest absolute Gasteiger partial charge is 0.404 e. The molecule has 0 rings (SSSR count). The highest BCUT2D eigenvalue weighted by Gasteiger charge is 2.12. The van der Waals surface area contributed by atoms with E-state index in [1.165, 1.54) is 0 Å². The lowest BCUT2D eigenvalue weighted by Crippen LogP contribution is -2.36. The quantitative estimate of drug-likeness (QED) is 0.628. The third kappa shape index (κ3) is 8.00. The Bertz CT molecular complexity index is 241. The number of carboxylic acid groups (broad SMARTS) is 1. The zero-order valence-electron chi connectivity index (χ0n) is 9.87. The summed E-state index contributed by atoms with van der Waals surface area (Å²) in [5, 5.41) is 19.8. The minimum atomic E-state index is -1.10. The van der Waals surface area contributed by atoms with Crippen LogP contribution in [0.4, 0.5) is 4.79 Å². The van der Waals surface area contributed by atoms with Gasteiger partial charge in [0.2, 0.25) is 0 Å². The number of carbonyl (C=O) groups is 1. The molecule has 0 saturated heterocycles. The molecular formula is C11H21NO3. The third-order valence-electron chi connectivity index (χ3n) is 1.80. The fourth-order valence-corrected chi connectivity index (χ4v) is 1.52. The molecule has 3 N–H and O–H groups in total. The summed E-state index contributed by atoms with van der Waals surface area (Å²) in [5.41, 5.74) is 1.16. The molecule has 4 heteroatoms. The van der Waals surface area contributed by atoms with Crippen LogP contribution in [-0.4, -0.2) is 29.0 Å². The van der Waals surface area contributed by atoms with Crippen LogP contribution in [0.2, 0.25) is 0 Å². The number of hydrogen-bond donors (Lipinski definition) is 3. The van der Waals surface area contributed by atoms with Gasteiger partial charge < -0.3 is 15.5 Å². The van der Waals surface area contributed by atoms with Gasteiger partial charge in [0.25, 0.3) is 0 Å². The van der Waals surface area contributed by atoms with E-state index in [1.54, 1.807) is 0 Å². The van der Waals surface area contributed by atoms with E-state index in [9.17, 15) is 4.79 Å². The molecule has 0 aromatic rings. The van der Waals surface area contributed by atoms with Gasteiger partial charge in [-0.2, -0.15) is 0 Å². The highest BCUT2D eigenvalue weighted by molar-refractivity contribution is 5.64. The number of allylic oxidation sites excluding steroid dienone is 1. The average molecular weight is 215 g/mol. The van der Waals surface area contributed by atoms with Gasteiger partial charge in [-0.1, -0.05) is 32.4 Å². The molecule has 0 aromatic heterocycles. The molecule has 15 heavy (non-hydrogen) atoms. The molecule has 4 nitrogen and oxygen atoms in total. The predicted octanol–water partition coefficient (Wildman–Crippen LogP) is 2.00. The van der Waals surface area contributed by atoms with Gasteiger partial charge in [-0.25, -0.2) is 4.79 Å². The Balaban J connectivity index is 4.30. The fourth-order valence-electron chi connectivity index (χ4n) is 1.52. The summed E-state index contributed by atoms with van der Waals surface area (Å²) in [6.45, 7) is 8.00. The van der Waals surface area contributed by atoms with Crippen LogP contribution in [0.15, 0.2) is 11.6 Å². The summed E-state index contributed by atoms with van der Waals surface area (Å²) in [6, 6.07) is -0.416. The van der Waals surface area contributed by atoms with Gasteiger partial charge in [0.1, 0.15) is 0 Å². The maximum absolute atomic E-state index is 10.4. The zero-order chi connectivity index (χ0) is 12.1. The minimum absolute atomic E-state index is 0.0767. The second-order valence-corrected chi connectivity index (χ2v) is 4.89. The Kier molecular flexibility index (Phi) is 5.36. The van der Waals surface area contributed by atoms with Crippen molar-refractivity contribution in [2.75, 3.05) is 6.61 Å². The highest BCUT2D eigenvalue weighted by atomic mass is 16.4. The SMILES string of the molecule is CC(=CC(C)(C)C)CC(CO)NC(=O)O. The molecule has 0 heterocycles. The van der Waals surface area contributed by atoms with Crippen LogP contribution < -0.4 is 5.32 Å². The summed E-state index contributed by atoms with van der Waals surface area (Å²) >= 11 is 0. The summed E-state index contributed by atoms with van der Waals surface area (Å²) in [6.07, 6.45) is 1.52. The van der Waals surface area contributed by atoms with Crippen molar-refractivity contribution in [3.8, 4) is 0 Å². The van der Waals surface area contributed by atoms with Gasteiger partial charge in [0, 0.05) is 0 Å². The fraction of sp³-hybridized carbons (Fsp3) is 0.727. The molecule has 0 aliphatic heterocycles. The van der Waals surface area contributed by atoms with Crippen LogP contribution in [0.1, 0.15) is 34.1 Å².